The Morgan fingerprint density at radius 3 is 2.61 bits per heavy atom. The van der Waals surface area contributed by atoms with Gasteiger partial charge in [0.1, 0.15) is 5.25 Å². The monoisotopic (exact) mass is 335 g/mol. The second-order valence-corrected chi connectivity index (χ2v) is 5.82. The molecular weight excluding hydrogens is 322 g/mol. The first kappa shape index (κ1) is 16.7. The van der Waals surface area contributed by atoms with Crippen molar-refractivity contribution in [1.82, 2.24) is 4.90 Å². The number of nitrogens with one attached hydrogen (secondary N) is 1. The fourth-order valence-corrected chi connectivity index (χ4v) is 2.97. The molecule has 2 rings (SSSR count). The number of nitrogens with zero attached hydrogens (tertiary/aromatic N) is 2. The van der Waals surface area contributed by atoms with Crippen molar-refractivity contribution >= 4 is 40.2 Å². The van der Waals surface area contributed by atoms with Crippen molar-refractivity contribution in [2.24, 2.45) is 0 Å². The molecule has 0 bridgehead atoms. The van der Waals surface area contributed by atoms with E-state index >= 15 is 0 Å². The summed E-state index contributed by atoms with van der Waals surface area (Å²) < 4.78 is 0. The number of non-ortho nitro benzene ring substituents is 1. The van der Waals surface area contributed by atoms with Gasteiger partial charge in [0, 0.05) is 30.8 Å². The molecule has 1 atom stereocenters. The van der Waals surface area contributed by atoms with Crippen LogP contribution in [0.1, 0.15) is 6.42 Å². The highest BCUT2D eigenvalue weighted by atomic mass is 32.2. The number of hydrogen-bond acceptors (Lipinski definition) is 6. The van der Waals surface area contributed by atoms with Crippen molar-refractivity contribution in [3.05, 3.63) is 47.0 Å². The van der Waals surface area contributed by atoms with Gasteiger partial charge in [0.05, 0.1) is 4.92 Å². The zero-order valence-electron chi connectivity index (χ0n) is 11.9. The molecule has 8 nitrogen and oxygen atoms in total. The normalized spacial score (nSPS) is 17.2. The number of benzene rings is 1. The molecule has 1 aliphatic heterocycles. The van der Waals surface area contributed by atoms with Gasteiger partial charge >= 0.3 is 0 Å². The van der Waals surface area contributed by atoms with Crippen LogP contribution in [0.2, 0.25) is 0 Å². The Balaban J connectivity index is 1.94. The van der Waals surface area contributed by atoms with Crippen molar-refractivity contribution in [2.45, 2.75) is 11.7 Å². The number of carbonyl (C=O) groups excluding carboxylic acids is 3. The third kappa shape index (κ3) is 3.95. The zero-order chi connectivity index (χ0) is 17.0. The van der Waals surface area contributed by atoms with E-state index in [1.54, 1.807) is 0 Å². The van der Waals surface area contributed by atoms with Crippen molar-refractivity contribution in [3.8, 4) is 0 Å². The first-order valence-electron chi connectivity index (χ1n) is 6.59. The smallest absolute Gasteiger partial charge is 0.289 e. The van der Waals surface area contributed by atoms with E-state index in [9.17, 15) is 24.5 Å². The molecular formula is C14H13N3O5S. The number of anilines is 1. The third-order valence-corrected chi connectivity index (χ3v) is 4.12. The molecule has 1 aromatic rings. The third-order valence-electron chi connectivity index (χ3n) is 3.05. The van der Waals surface area contributed by atoms with Crippen LogP contribution in [0.3, 0.4) is 0 Å². The number of thioether (sulfide) groups is 1. The summed E-state index contributed by atoms with van der Waals surface area (Å²) in [4.78, 5) is 46.6. The molecule has 9 heteroatoms. The molecule has 1 N–H and O–H groups in total. The Bertz CT molecular complexity index is 673. The van der Waals surface area contributed by atoms with Gasteiger partial charge in [-0.15, -0.1) is 6.58 Å². The fraction of sp³-hybridized carbons (Fsp3) is 0.214. The van der Waals surface area contributed by atoms with Crippen LogP contribution in [-0.4, -0.2) is 38.7 Å². The summed E-state index contributed by atoms with van der Waals surface area (Å²) in [6.45, 7) is 3.59. The number of nitro benzene ring substituents is 1. The summed E-state index contributed by atoms with van der Waals surface area (Å²) in [5.74, 6) is -0.864. The van der Waals surface area contributed by atoms with Crippen LogP contribution >= 0.6 is 11.8 Å². The molecule has 1 saturated heterocycles. The first-order valence-corrected chi connectivity index (χ1v) is 7.47. The molecule has 0 unspecified atom stereocenters. The second-order valence-electron chi connectivity index (χ2n) is 4.67. The van der Waals surface area contributed by atoms with Crippen LogP contribution in [0.5, 0.6) is 0 Å². The topological polar surface area (TPSA) is 110 Å². The van der Waals surface area contributed by atoms with Gasteiger partial charge in [0.15, 0.2) is 0 Å². The second kappa shape index (κ2) is 7.05. The minimum Gasteiger partial charge on any atom is -0.326 e. The number of imide groups is 1. The largest absolute Gasteiger partial charge is 0.326 e. The Labute approximate surface area is 135 Å². The molecule has 1 aromatic carbocycles. The van der Waals surface area contributed by atoms with Gasteiger partial charge in [-0.2, -0.15) is 0 Å². The van der Waals surface area contributed by atoms with Crippen LogP contribution in [0.15, 0.2) is 36.9 Å². The zero-order valence-corrected chi connectivity index (χ0v) is 12.7. The van der Waals surface area contributed by atoms with E-state index in [0.717, 1.165) is 16.7 Å². The van der Waals surface area contributed by atoms with E-state index in [1.165, 1.54) is 30.3 Å². The SMILES string of the molecule is C=CCN1C(=O)S[C@H](CC(=O)Nc2ccc([N+](=O)[O-])cc2)C1=O. The van der Waals surface area contributed by atoms with Gasteiger partial charge in [-0.3, -0.25) is 29.4 Å². The summed E-state index contributed by atoms with van der Waals surface area (Å²) >= 11 is 0.806. The van der Waals surface area contributed by atoms with Gasteiger partial charge in [-0.25, -0.2) is 0 Å². The minimum atomic E-state index is -0.763. The number of nitro groups is 1. The molecule has 1 fully saturated rings. The van der Waals surface area contributed by atoms with Crippen LogP contribution in [0, 0.1) is 10.1 Å². The van der Waals surface area contributed by atoms with Crippen molar-refractivity contribution < 1.29 is 19.3 Å². The van der Waals surface area contributed by atoms with Crippen LogP contribution in [0.4, 0.5) is 16.2 Å². The molecule has 1 aliphatic rings. The predicted octanol–water partition coefficient (Wildman–Crippen LogP) is 2.17. The molecule has 0 spiro atoms. The number of rotatable bonds is 6. The van der Waals surface area contributed by atoms with Crippen molar-refractivity contribution in [3.63, 3.8) is 0 Å². The molecule has 120 valence electrons. The van der Waals surface area contributed by atoms with E-state index in [-0.39, 0.29) is 18.7 Å². The van der Waals surface area contributed by atoms with Gasteiger partial charge in [0.2, 0.25) is 11.8 Å². The fourth-order valence-electron chi connectivity index (χ4n) is 1.97. The molecule has 0 saturated carbocycles. The Hall–Kier alpha value is -2.68. The van der Waals surface area contributed by atoms with Crippen molar-refractivity contribution in [1.29, 1.82) is 0 Å². The molecule has 3 amide bonds. The van der Waals surface area contributed by atoms with Gasteiger partial charge < -0.3 is 5.32 Å². The molecule has 0 aliphatic carbocycles. The minimum absolute atomic E-state index is 0.0878. The van der Waals surface area contributed by atoms with E-state index < -0.39 is 27.2 Å². The molecule has 23 heavy (non-hydrogen) atoms. The van der Waals surface area contributed by atoms with Crippen molar-refractivity contribution in [2.75, 3.05) is 11.9 Å². The lowest BCUT2D eigenvalue weighted by Gasteiger charge is -2.11. The van der Waals surface area contributed by atoms with Gasteiger partial charge in [-0.05, 0) is 12.1 Å². The highest BCUT2D eigenvalue weighted by Gasteiger charge is 2.39. The number of amides is 3. The summed E-state index contributed by atoms with van der Waals surface area (Å²) in [6, 6.07) is 5.32. The van der Waals surface area contributed by atoms with E-state index in [4.69, 9.17) is 0 Å². The predicted molar refractivity (Wildman–Crippen MR) is 85.0 cm³/mol. The van der Waals surface area contributed by atoms with E-state index in [1.807, 2.05) is 0 Å². The van der Waals surface area contributed by atoms with E-state index in [2.05, 4.69) is 11.9 Å². The van der Waals surface area contributed by atoms with Gasteiger partial charge in [-0.1, -0.05) is 17.8 Å². The Morgan fingerprint density at radius 1 is 1.39 bits per heavy atom. The average molecular weight is 335 g/mol. The molecule has 0 aromatic heterocycles. The van der Waals surface area contributed by atoms with E-state index in [0.29, 0.717) is 5.69 Å². The summed E-state index contributed by atoms with van der Waals surface area (Å²) in [6.07, 6.45) is 1.29. The average Bonchev–Trinajstić information content (AvgIpc) is 2.75. The maximum atomic E-state index is 12.0. The first-order chi connectivity index (χ1) is 10.9. The number of hydrogen-bond donors (Lipinski definition) is 1. The van der Waals surface area contributed by atoms with Crippen LogP contribution in [-0.2, 0) is 9.59 Å². The highest BCUT2D eigenvalue weighted by Crippen LogP contribution is 2.29. The summed E-state index contributed by atoms with van der Waals surface area (Å²) in [5.41, 5.74) is 0.292. The number of carbonyl (C=O) groups is 3. The van der Waals surface area contributed by atoms with Crippen LogP contribution in [0.25, 0.3) is 0 Å². The summed E-state index contributed by atoms with van der Waals surface area (Å²) in [7, 11) is 0. The Morgan fingerprint density at radius 2 is 2.04 bits per heavy atom. The highest BCUT2D eigenvalue weighted by molar-refractivity contribution is 8.15. The lowest BCUT2D eigenvalue weighted by Crippen LogP contribution is -2.33. The van der Waals surface area contributed by atoms with Crippen LogP contribution < -0.4 is 5.32 Å². The van der Waals surface area contributed by atoms with Gasteiger partial charge in [0.25, 0.3) is 10.9 Å². The standard InChI is InChI=1S/C14H13N3O5S/c1-2-7-16-13(19)11(23-14(16)20)8-12(18)15-9-3-5-10(6-4-9)17(21)22/h2-6,11H,1,7-8H2,(H,15,18)/t11-/m1/s1. The lowest BCUT2D eigenvalue weighted by atomic mass is 10.2. The molecule has 0 radical (unpaired) electrons. The Kier molecular flexibility index (Phi) is 5.12. The summed E-state index contributed by atoms with van der Waals surface area (Å²) in [5, 5.41) is 11.9. The maximum absolute atomic E-state index is 12.0. The molecule has 1 heterocycles. The lowest BCUT2D eigenvalue weighted by molar-refractivity contribution is -0.384. The maximum Gasteiger partial charge on any atom is 0.289 e. The quantitative estimate of drug-likeness (QED) is 0.485.